The number of likely N-dealkylation sites (N-methyl/N-ethyl adjacent to an activating group) is 1. The maximum absolute atomic E-state index is 9.17. The van der Waals surface area contributed by atoms with Gasteiger partial charge in [0.2, 0.25) is 5.89 Å². The van der Waals surface area contributed by atoms with Crippen LogP contribution in [0.4, 0.5) is 0 Å². The van der Waals surface area contributed by atoms with E-state index >= 15 is 0 Å². The molecular weight excluding hydrogens is 194 g/mol. The minimum atomic E-state index is -0.174. The molecule has 0 atom stereocenters. The van der Waals surface area contributed by atoms with E-state index in [0.717, 1.165) is 31.6 Å². The first-order chi connectivity index (χ1) is 7.15. The Morgan fingerprint density at radius 2 is 2.20 bits per heavy atom. The zero-order chi connectivity index (χ0) is 10.8. The summed E-state index contributed by atoms with van der Waals surface area (Å²) in [7, 11) is 4.03. The fourth-order valence-electron chi connectivity index (χ4n) is 1.65. The minimum Gasteiger partial charge on any atom is -0.393 e. The van der Waals surface area contributed by atoms with Gasteiger partial charge in [0.15, 0.2) is 5.82 Å². The van der Waals surface area contributed by atoms with Crippen LogP contribution in [-0.4, -0.2) is 46.9 Å². The second kappa shape index (κ2) is 4.28. The van der Waals surface area contributed by atoms with Crippen molar-refractivity contribution in [1.29, 1.82) is 0 Å². The van der Waals surface area contributed by atoms with Gasteiger partial charge in [0, 0.05) is 18.9 Å². The van der Waals surface area contributed by atoms with Gasteiger partial charge in [0.25, 0.3) is 0 Å². The first kappa shape index (κ1) is 10.6. The van der Waals surface area contributed by atoms with E-state index in [4.69, 9.17) is 9.63 Å². The molecule has 0 aliphatic heterocycles. The van der Waals surface area contributed by atoms with Crippen LogP contribution in [0.2, 0.25) is 0 Å². The van der Waals surface area contributed by atoms with Crippen LogP contribution < -0.4 is 0 Å². The molecule has 1 aliphatic carbocycles. The molecule has 5 heteroatoms. The highest BCUT2D eigenvalue weighted by Crippen LogP contribution is 2.35. The molecule has 0 bridgehead atoms. The Morgan fingerprint density at radius 3 is 2.80 bits per heavy atom. The van der Waals surface area contributed by atoms with Gasteiger partial charge < -0.3 is 14.5 Å². The lowest BCUT2D eigenvalue weighted by Gasteiger charge is -2.27. The van der Waals surface area contributed by atoms with E-state index in [2.05, 4.69) is 15.0 Å². The van der Waals surface area contributed by atoms with E-state index in [1.54, 1.807) is 0 Å². The van der Waals surface area contributed by atoms with E-state index in [1.807, 2.05) is 14.1 Å². The number of aliphatic hydroxyl groups excluding tert-OH is 1. The molecule has 2 rings (SSSR count). The lowest BCUT2D eigenvalue weighted by Crippen LogP contribution is -2.26. The molecule has 1 fully saturated rings. The molecule has 0 saturated heterocycles. The fraction of sp³-hybridized carbons (Fsp3) is 0.800. The quantitative estimate of drug-likeness (QED) is 0.781. The number of hydrogen-bond acceptors (Lipinski definition) is 5. The highest BCUT2D eigenvalue weighted by molar-refractivity contribution is 5.01. The number of nitrogens with zero attached hydrogens (tertiary/aromatic N) is 3. The lowest BCUT2D eigenvalue weighted by atomic mass is 9.82. The molecule has 1 aromatic heterocycles. The normalized spacial score (nSPS) is 25.6. The molecule has 1 N–H and O–H groups in total. The summed E-state index contributed by atoms with van der Waals surface area (Å²) in [6.07, 6.45) is 2.16. The zero-order valence-electron chi connectivity index (χ0n) is 9.18. The van der Waals surface area contributed by atoms with Crippen LogP contribution in [-0.2, 0) is 6.42 Å². The Kier molecular flexibility index (Phi) is 3.02. The molecular formula is C10H17N3O2. The number of hydrogen-bond donors (Lipinski definition) is 1. The molecule has 0 radical (unpaired) electrons. The van der Waals surface area contributed by atoms with Gasteiger partial charge in [-0.1, -0.05) is 5.16 Å². The van der Waals surface area contributed by atoms with Gasteiger partial charge in [-0.05, 0) is 26.9 Å². The van der Waals surface area contributed by atoms with Gasteiger partial charge in [-0.15, -0.1) is 0 Å². The molecule has 1 aliphatic rings. The average Bonchev–Trinajstić information content (AvgIpc) is 2.57. The van der Waals surface area contributed by atoms with Crippen molar-refractivity contribution in [3.63, 3.8) is 0 Å². The monoisotopic (exact) mass is 211 g/mol. The summed E-state index contributed by atoms with van der Waals surface area (Å²) >= 11 is 0. The minimum absolute atomic E-state index is 0.174. The van der Waals surface area contributed by atoms with Crippen molar-refractivity contribution in [2.24, 2.45) is 0 Å². The van der Waals surface area contributed by atoms with Crippen molar-refractivity contribution in [2.45, 2.75) is 31.3 Å². The van der Waals surface area contributed by atoms with Gasteiger partial charge in [0.1, 0.15) is 0 Å². The molecule has 0 aromatic carbocycles. The molecule has 15 heavy (non-hydrogen) atoms. The standard InChI is InChI=1S/C10H17N3O2/c1-13(2)4-3-9-11-10(15-12-9)7-5-8(14)6-7/h7-8,14H,3-6H2,1-2H3. The van der Waals surface area contributed by atoms with Crippen molar-refractivity contribution >= 4 is 0 Å². The average molecular weight is 211 g/mol. The van der Waals surface area contributed by atoms with Gasteiger partial charge in [-0.2, -0.15) is 4.98 Å². The smallest absolute Gasteiger partial charge is 0.229 e. The Bertz CT molecular complexity index is 318. The van der Waals surface area contributed by atoms with Crippen molar-refractivity contribution in [3.8, 4) is 0 Å². The Hall–Kier alpha value is -0.940. The predicted molar refractivity (Wildman–Crippen MR) is 54.5 cm³/mol. The first-order valence-corrected chi connectivity index (χ1v) is 5.30. The Morgan fingerprint density at radius 1 is 1.47 bits per heavy atom. The van der Waals surface area contributed by atoms with E-state index in [1.165, 1.54) is 0 Å². The maximum Gasteiger partial charge on any atom is 0.229 e. The van der Waals surface area contributed by atoms with Gasteiger partial charge in [-0.3, -0.25) is 0 Å². The predicted octanol–water partition coefficient (Wildman–Crippen LogP) is 0.412. The van der Waals surface area contributed by atoms with Crippen molar-refractivity contribution in [1.82, 2.24) is 15.0 Å². The summed E-state index contributed by atoms with van der Waals surface area (Å²) in [6, 6.07) is 0. The Labute approximate surface area is 89.1 Å². The van der Waals surface area contributed by atoms with Crippen LogP contribution >= 0.6 is 0 Å². The molecule has 1 saturated carbocycles. The second-order valence-corrected chi connectivity index (χ2v) is 4.42. The fourth-order valence-corrected chi connectivity index (χ4v) is 1.65. The van der Waals surface area contributed by atoms with Gasteiger partial charge >= 0.3 is 0 Å². The van der Waals surface area contributed by atoms with E-state index in [9.17, 15) is 0 Å². The van der Waals surface area contributed by atoms with Crippen LogP contribution in [0.15, 0.2) is 4.52 Å². The number of rotatable bonds is 4. The highest BCUT2D eigenvalue weighted by Gasteiger charge is 2.32. The first-order valence-electron chi connectivity index (χ1n) is 5.30. The summed E-state index contributed by atoms with van der Waals surface area (Å²) in [5.74, 6) is 1.73. The molecule has 0 spiro atoms. The maximum atomic E-state index is 9.17. The van der Waals surface area contributed by atoms with E-state index in [0.29, 0.717) is 5.89 Å². The van der Waals surface area contributed by atoms with Gasteiger partial charge in [0.05, 0.1) is 6.10 Å². The third-order valence-electron chi connectivity index (χ3n) is 2.73. The van der Waals surface area contributed by atoms with Crippen LogP contribution in [0.5, 0.6) is 0 Å². The Balaban J connectivity index is 1.87. The molecule has 84 valence electrons. The molecule has 0 amide bonds. The van der Waals surface area contributed by atoms with Crippen molar-refractivity contribution < 1.29 is 9.63 Å². The van der Waals surface area contributed by atoms with Crippen molar-refractivity contribution in [2.75, 3.05) is 20.6 Å². The third kappa shape index (κ3) is 2.54. The summed E-state index contributed by atoms with van der Waals surface area (Å²) in [6.45, 7) is 0.923. The van der Waals surface area contributed by atoms with E-state index in [-0.39, 0.29) is 12.0 Å². The SMILES string of the molecule is CN(C)CCc1noc(C2CC(O)C2)n1. The summed E-state index contributed by atoms with van der Waals surface area (Å²) < 4.78 is 5.16. The summed E-state index contributed by atoms with van der Waals surface area (Å²) in [4.78, 5) is 6.41. The molecule has 1 heterocycles. The highest BCUT2D eigenvalue weighted by atomic mass is 16.5. The summed E-state index contributed by atoms with van der Waals surface area (Å²) in [5, 5.41) is 13.1. The topological polar surface area (TPSA) is 62.4 Å². The van der Waals surface area contributed by atoms with Crippen LogP contribution in [0.3, 0.4) is 0 Å². The zero-order valence-corrected chi connectivity index (χ0v) is 9.18. The van der Waals surface area contributed by atoms with Crippen LogP contribution in [0.25, 0.3) is 0 Å². The molecule has 1 aromatic rings. The molecule has 0 unspecified atom stereocenters. The molecule has 5 nitrogen and oxygen atoms in total. The third-order valence-corrected chi connectivity index (χ3v) is 2.73. The number of aromatic nitrogens is 2. The van der Waals surface area contributed by atoms with Crippen LogP contribution in [0, 0.1) is 0 Å². The van der Waals surface area contributed by atoms with E-state index < -0.39 is 0 Å². The summed E-state index contributed by atoms with van der Waals surface area (Å²) in [5.41, 5.74) is 0. The van der Waals surface area contributed by atoms with Crippen molar-refractivity contribution in [3.05, 3.63) is 11.7 Å². The van der Waals surface area contributed by atoms with Gasteiger partial charge in [-0.25, -0.2) is 0 Å². The lowest BCUT2D eigenvalue weighted by molar-refractivity contribution is 0.0625. The second-order valence-electron chi connectivity index (χ2n) is 4.42. The van der Waals surface area contributed by atoms with Crippen LogP contribution in [0.1, 0.15) is 30.5 Å². The number of aliphatic hydroxyl groups is 1. The largest absolute Gasteiger partial charge is 0.393 e.